The molecule has 1 amide bonds. The van der Waals surface area contributed by atoms with E-state index in [-0.39, 0.29) is 11.3 Å². The van der Waals surface area contributed by atoms with E-state index in [1.807, 2.05) is 17.5 Å². The smallest absolute Gasteiger partial charge is 0.246 e. The van der Waals surface area contributed by atoms with Crippen molar-refractivity contribution >= 4 is 23.5 Å². The summed E-state index contributed by atoms with van der Waals surface area (Å²) in [6, 6.07) is 4.00. The summed E-state index contributed by atoms with van der Waals surface area (Å²) >= 11 is 1.63. The number of carbonyl (C=O) groups is 1. The van der Waals surface area contributed by atoms with Gasteiger partial charge in [-0.1, -0.05) is 6.07 Å². The highest BCUT2D eigenvalue weighted by Gasteiger charge is 2.54. The number of nitrogens with zero attached hydrogens (tertiary/aromatic N) is 1. The highest BCUT2D eigenvalue weighted by molar-refractivity contribution is 7.11. The monoisotopic (exact) mass is 288 g/mol. The fourth-order valence-corrected chi connectivity index (χ4v) is 5.61. The highest BCUT2D eigenvalue weighted by Crippen LogP contribution is 2.60. The first-order valence-electron chi connectivity index (χ1n) is 7.60. The summed E-state index contributed by atoms with van der Waals surface area (Å²) in [5, 5.41) is 6.17. The molecule has 1 aromatic rings. The third-order valence-electron chi connectivity index (χ3n) is 5.42. The van der Waals surface area contributed by atoms with E-state index < -0.39 is 0 Å². The topological polar surface area (TPSA) is 41.5 Å². The highest BCUT2D eigenvalue weighted by atomic mass is 32.1. The van der Waals surface area contributed by atoms with Gasteiger partial charge < -0.3 is 0 Å². The molecule has 3 nitrogen and oxygen atoms in total. The Labute approximate surface area is 123 Å². The van der Waals surface area contributed by atoms with Crippen LogP contribution in [-0.2, 0) is 4.79 Å². The molecular weight excluding hydrogens is 268 g/mol. The number of carbonyl (C=O) groups excluding carboxylic acids is 1. The lowest BCUT2D eigenvalue weighted by atomic mass is 9.49. The molecule has 1 heterocycles. The van der Waals surface area contributed by atoms with Crippen molar-refractivity contribution in [2.75, 3.05) is 0 Å². The molecule has 0 saturated heterocycles. The first-order valence-corrected chi connectivity index (χ1v) is 8.48. The summed E-state index contributed by atoms with van der Waals surface area (Å²) in [6.07, 6.45) is 9.14. The Morgan fingerprint density at radius 2 is 1.90 bits per heavy atom. The third-order valence-corrected chi connectivity index (χ3v) is 6.23. The molecule has 0 atom stereocenters. The average Bonchev–Trinajstić information content (AvgIpc) is 2.90. The van der Waals surface area contributed by atoms with E-state index in [9.17, 15) is 4.79 Å². The molecule has 4 heteroatoms. The van der Waals surface area contributed by atoms with E-state index >= 15 is 0 Å². The van der Waals surface area contributed by atoms with Crippen molar-refractivity contribution < 1.29 is 4.79 Å². The summed E-state index contributed by atoms with van der Waals surface area (Å²) in [5.74, 6) is 2.57. The van der Waals surface area contributed by atoms with Crippen LogP contribution >= 0.6 is 11.3 Å². The predicted octanol–water partition coefficient (Wildman–Crippen LogP) is 3.41. The summed E-state index contributed by atoms with van der Waals surface area (Å²) in [7, 11) is 0. The lowest BCUT2D eigenvalue weighted by molar-refractivity contribution is -0.146. The van der Waals surface area contributed by atoms with Gasteiger partial charge in [-0.05, 0) is 67.7 Å². The van der Waals surface area contributed by atoms with Gasteiger partial charge in [0.05, 0.1) is 11.6 Å². The lowest BCUT2D eigenvalue weighted by Crippen LogP contribution is -2.52. The number of nitrogens with one attached hydrogen (secondary N) is 1. The molecule has 4 aliphatic carbocycles. The molecule has 0 radical (unpaired) electrons. The van der Waals surface area contributed by atoms with Crippen molar-refractivity contribution in [3.8, 4) is 0 Å². The number of hydrogen-bond acceptors (Lipinski definition) is 3. The number of thiophene rings is 1. The van der Waals surface area contributed by atoms with Crippen LogP contribution in [-0.4, -0.2) is 12.1 Å². The molecule has 1 aromatic heterocycles. The maximum atomic E-state index is 12.6. The summed E-state index contributed by atoms with van der Waals surface area (Å²) in [6.45, 7) is 0. The van der Waals surface area contributed by atoms with E-state index in [1.54, 1.807) is 17.6 Å². The van der Waals surface area contributed by atoms with E-state index in [2.05, 4.69) is 10.5 Å². The van der Waals surface area contributed by atoms with Crippen molar-refractivity contribution in [2.45, 2.75) is 38.5 Å². The van der Waals surface area contributed by atoms with Crippen molar-refractivity contribution in [1.29, 1.82) is 0 Å². The molecule has 1 N–H and O–H groups in total. The van der Waals surface area contributed by atoms with Crippen molar-refractivity contribution in [3.63, 3.8) is 0 Å². The van der Waals surface area contributed by atoms with Crippen LogP contribution in [0.5, 0.6) is 0 Å². The molecule has 106 valence electrons. The van der Waals surface area contributed by atoms with Gasteiger partial charge in [0.2, 0.25) is 5.91 Å². The minimum absolute atomic E-state index is 0.0957. The molecule has 0 unspecified atom stereocenters. The molecule has 0 aromatic carbocycles. The second-order valence-electron chi connectivity index (χ2n) is 6.91. The minimum Gasteiger partial charge on any atom is -0.273 e. The third kappa shape index (κ3) is 2.10. The zero-order chi connectivity index (χ0) is 13.6. The van der Waals surface area contributed by atoms with Crippen LogP contribution in [0.25, 0.3) is 0 Å². The minimum atomic E-state index is -0.0957. The Bertz CT molecular complexity index is 499. The molecule has 0 spiro atoms. The van der Waals surface area contributed by atoms with Crippen molar-refractivity contribution in [3.05, 3.63) is 22.4 Å². The van der Waals surface area contributed by atoms with Crippen LogP contribution in [0.1, 0.15) is 43.4 Å². The largest absolute Gasteiger partial charge is 0.273 e. The second kappa shape index (κ2) is 4.69. The van der Waals surface area contributed by atoms with Gasteiger partial charge in [-0.3, -0.25) is 4.79 Å². The Balaban J connectivity index is 1.45. The van der Waals surface area contributed by atoms with E-state index in [0.29, 0.717) is 0 Å². The van der Waals surface area contributed by atoms with Gasteiger partial charge in [0.1, 0.15) is 0 Å². The van der Waals surface area contributed by atoms with Gasteiger partial charge in [-0.25, -0.2) is 5.43 Å². The van der Waals surface area contributed by atoms with Gasteiger partial charge in [0.25, 0.3) is 0 Å². The normalized spacial score (nSPS) is 38.5. The molecular formula is C16H20N2OS. The fraction of sp³-hybridized carbons (Fsp3) is 0.625. The quantitative estimate of drug-likeness (QED) is 0.672. The van der Waals surface area contributed by atoms with E-state index in [4.69, 9.17) is 0 Å². The van der Waals surface area contributed by atoms with Crippen LogP contribution in [0.15, 0.2) is 22.6 Å². The summed E-state index contributed by atoms with van der Waals surface area (Å²) in [4.78, 5) is 13.7. The molecule has 4 saturated carbocycles. The Morgan fingerprint density at radius 3 is 2.45 bits per heavy atom. The maximum Gasteiger partial charge on any atom is 0.246 e. The van der Waals surface area contributed by atoms with Crippen LogP contribution in [0, 0.1) is 23.2 Å². The fourth-order valence-electron chi connectivity index (χ4n) is 5.03. The van der Waals surface area contributed by atoms with Crippen molar-refractivity contribution in [2.24, 2.45) is 28.3 Å². The first-order chi connectivity index (χ1) is 9.73. The summed E-state index contributed by atoms with van der Waals surface area (Å²) < 4.78 is 0. The standard InChI is InChI=1S/C16H20N2OS/c19-15(18-17-10-14-2-1-3-20-14)16-7-11-4-12(8-16)6-13(5-11)9-16/h1-3,10-13H,4-9H2,(H,18,19). The van der Waals surface area contributed by atoms with Gasteiger partial charge in [0, 0.05) is 4.88 Å². The van der Waals surface area contributed by atoms with Crippen molar-refractivity contribution in [1.82, 2.24) is 5.43 Å². The molecule has 4 fully saturated rings. The number of hydrogen-bond donors (Lipinski definition) is 1. The molecule has 4 bridgehead atoms. The second-order valence-corrected chi connectivity index (χ2v) is 7.89. The van der Waals surface area contributed by atoms with Crippen LogP contribution in [0.2, 0.25) is 0 Å². The van der Waals surface area contributed by atoms with E-state index in [0.717, 1.165) is 41.9 Å². The Morgan fingerprint density at radius 1 is 1.25 bits per heavy atom. The Hall–Kier alpha value is -1.16. The Kier molecular flexibility index (Phi) is 2.95. The van der Waals surface area contributed by atoms with Gasteiger partial charge in [-0.15, -0.1) is 11.3 Å². The molecule has 0 aliphatic heterocycles. The van der Waals surface area contributed by atoms with Gasteiger partial charge in [-0.2, -0.15) is 5.10 Å². The van der Waals surface area contributed by atoms with Gasteiger partial charge in [0.15, 0.2) is 0 Å². The predicted molar refractivity (Wildman–Crippen MR) is 80.7 cm³/mol. The van der Waals surface area contributed by atoms with Crippen LogP contribution in [0.4, 0.5) is 0 Å². The number of hydrazone groups is 1. The summed E-state index contributed by atoms with van der Waals surface area (Å²) in [5.41, 5.74) is 2.72. The average molecular weight is 288 g/mol. The number of rotatable bonds is 3. The zero-order valence-electron chi connectivity index (χ0n) is 11.5. The molecule has 5 rings (SSSR count). The van der Waals surface area contributed by atoms with E-state index in [1.165, 1.54) is 19.3 Å². The molecule has 4 aliphatic rings. The SMILES string of the molecule is O=C(NN=Cc1cccs1)C12CC3CC(CC(C3)C1)C2. The lowest BCUT2D eigenvalue weighted by Gasteiger charge is -2.55. The van der Waals surface area contributed by atoms with Crippen LogP contribution < -0.4 is 5.43 Å². The number of amides is 1. The van der Waals surface area contributed by atoms with Gasteiger partial charge >= 0.3 is 0 Å². The first kappa shape index (κ1) is 12.6. The van der Waals surface area contributed by atoms with Crippen LogP contribution in [0.3, 0.4) is 0 Å². The maximum absolute atomic E-state index is 12.6. The zero-order valence-corrected chi connectivity index (χ0v) is 12.4. The molecule has 20 heavy (non-hydrogen) atoms.